The highest BCUT2D eigenvalue weighted by atomic mass is 16.4. The molecule has 2 N–H and O–H groups in total. The predicted molar refractivity (Wildman–Crippen MR) is 62.6 cm³/mol. The number of aromatic nitrogens is 2. The molecule has 1 unspecified atom stereocenters. The molecule has 6 nitrogen and oxygen atoms in total. The van der Waals surface area contributed by atoms with Crippen LogP contribution < -0.4 is 5.32 Å². The van der Waals surface area contributed by atoms with E-state index in [1.54, 1.807) is 6.07 Å². The number of anilines is 1. The lowest BCUT2D eigenvalue weighted by Gasteiger charge is -2.07. The number of carboxylic acids is 1. The zero-order chi connectivity index (χ0) is 12.8. The van der Waals surface area contributed by atoms with E-state index in [9.17, 15) is 9.59 Å². The number of aliphatic carboxylic acids is 1. The fourth-order valence-electron chi connectivity index (χ4n) is 1.31. The molecule has 1 amide bonds. The van der Waals surface area contributed by atoms with Crippen molar-refractivity contribution in [3.63, 3.8) is 0 Å². The van der Waals surface area contributed by atoms with Crippen LogP contribution in [0.2, 0.25) is 0 Å². The molecule has 0 saturated carbocycles. The normalized spacial score (nSPS) is 12.1. The third-order valence-corrected chi connectivity index (χ3v) is 2.44. The summed E-state index contributed by atoms with van der Waals surface area (Å²) in [5, 5.41) is 15.1. The third kappa shape index (κ3) is 4.67. The van der Waals surface area contributed by atoms with Crippen molar-refractivity contribution in [2.45, 2.75) is 33.2 Å². The average Bonchev–Trinajstić information content (AvgIpc) is 2.63. The first kappa shape index (κ1) is 13.2. The Morgan fingerprint density at radius 1 is 1.59 bits per heavy atom. The van der Waals surface area contributed by atoms with Crippen molar-refractivity contribution < 1.29 is 14.7 Å². The molecule has 0 aliphatic carbocycles. The Hall–Kier alpha value is -1.85. The van der Waals surface area contributed by atoms with Crippen LogP contribution in [0.4, 0.5) is 5.82 Å². The second kappa shape index (κ2) is 6.03. The van der Waals surface area contributed by atoms with E-state index in [-0.39, 0.29) is 12.5 Å². The van der Waals surface area contributed by atoms with Crippen molar-refractivity contribution in [3.05, 3.63) is 12.3 Å². The van der Waals surface area contributed by atoms with Gasteiger partial charge in [-0.15, -0.1) is 0 Å². The molecule has 94 valence electrons. The number of amides is 1. The number of nitrogens with one attached hydrogen (secondary N) is 1. The highest BCUT2D eigenvalue weighted by Crippen LogP contribution is 2.09. The summed E-state index contributed by atoms with van der Waals surface area (Å²) in [6, 6.07) is 1.58. The van der Waals surface area contributed by atoms with Crippen LogP contribution in [0, 0.1) is 5.92 Å². The molecule has 0 bridgehead atoms. The number of hydrogen-bond acceptors (Lipinski definition) is 3. The summed E-state index contributed by atoms with van der Waals surface area (Å²) in [4.78, 5) is 22.0. The van der Waals surface area contributed by atoms with E-state index in [2.05, 4.69) is 10.4 Å². The van der Waals surface area contributed by atoms with Crippen LogP contribution in [0.3, 0.4) is 0 Å². The molecule has 1 aromatic heterocycles. The lowest BCUT2D eigenvalue weighted by atomic mass is 10.1. The van der Waals surface area contributed by atoms with Crippen LogP contribution in [0.25, 0.3) is 0 Å². The van der Waals surface area contributed by atoms with Crippen molar-refractivity contribution in [3.8, 4) is 0 Å². The van der Waals surface area contributed by atoms with Crippen LogP contribution in [-0.2, 0) is 16.1 Å². The molecule has 0 aliphatic rings. The maximum absolute atomic E-state index is 11.5. The van der Waals surface area contributed by atoms with Gasteiger partial charge < -0.3 is 10.4 Å². The van der Waals surface area contributed by atoms with Crippen molar-refractivity contribution in [2.75, 3.05) is 5.32 Å². The maximum Gasteiger partial charge on any atom is 0.325 e. The van der Waals surface area contributed by atoms with E-state index in [1.807, 2.05) is 13.8 Å². The molecule has 0 aliphatic heterocycles. The van der Waals surface area contributed by atoms with Gasteiger partial charge in [0.15, 0.2) is 5.82 Å². The first-order valence-electron chi connectivity index (χ1n) is 5.56. The van der Waals surface area contributed by atoms with Crippen molar-refractivity contribution in [1.29, 1.82) is 0 Å². The Morgan fingerprint density at radius 2 is 2.29 bits per heavy atom. The van der Waals surface area contributed by atoms with E-state index in [1.165, 1.54) is 10.9 Å². The van der Waals surface area contributed by atoms with Crippen LogP contribution in [0.1, 0.15) is 26.7 Å². The molecule has 0 aromatic carbocycles. The van der Waals surface area contributed by atoms with Crippen molar-refractivity contribution in [2.24, 2.45) is 5.92 Å². The van der Waals surface area contributed by atoms with Gasteiger partial charge >= 0.3 is 5.97 Å². The van der Waals surface area contributed by atoms with Gasteiger partial charge in [-0.25, -0.2) is 0 Å². The monoisotopic (exact) mass is 239 g/mol. The van der Waals surface area contributed by atoms with Gasteiger partial charge in [0.25, 0.3) is 0 Å². The summed E-state index contributed by atoms with van der Waals surface area (Å²) < 4.78 is 1.27. The molecule has 0 fully saturated rings. The summed E-state index contributed by atoms with van der Waals surface area (Å²) >= 11 is 0. The molecular formula is C11H17N3O3. The Balaban J connectivity index is 2.48. The van der Waals surface area contributed by atoms with Crippen molar-refractivity contribution in [1.82, 2.24) is 9.78 Å². The van der Waals surface area contributed by atoms with Crippen LogP contribution in [-0.4, -0.2) is 26.8 Å². The molecule has 1 rings (SSSR count). The number of rotatable bonds is 6. The fourth-order valence-corrected chi connectivity index (χ4v) is 1.31. The van der Waals surface area contributed by atoms with Gasteiger partial charge in [0.2, 0.25) is 5.91 Å². The van der Waals surface area contributed by atoms with Crippen LogP contribution >= 0.6 is 0 Å². The number of carboxylic acid groups (broad SMARTS) is 1. The van der Waals surface area contributed by atoms with Crippen LogP contribution in [0.5, 0.6) is 0 Å². The Labute approximate surface area is 99.6 Å². The molecule has 0 radical (unpaired) electrons. The van der Waals surface area contributed by atoms with E-state index in [4.69, 9.17) is 5.11 Å². The zero-order valence-corrected chi connectivity index (χ0v) is 10.0. The number of hydrogen-bond donors (Lipinski definition) is 2. The van der Waals surface area contributed by atoms with Gasteiger partial charge in [0.05, 0.1) is 0 Å². The quantitative estimate of drug-likeness (QED) is 0.784. The molecule has 17 heavy (non-hydrogen) atoms. The number of nitrogens with zero attached hydrogens (tertiary/aromatic N) is 2. The Morgan fingerprint density at radius 3 is 2.88 bits per heavy atom. The maximum atomic E-state index is 11.5. The predicted octanol–water partition coefficient (Wildman–Crippen LogP) is 1.34. The topological polar surface area (TPSA) is 84.2 Å². The van der Waals surface area contributed by atoms with Crippen LogP contribution in [0.15, 0.2) is 12.3 Å². The molecule has 1 heterocycles. The zero-order valence-electron chi connectivity index (χ0n) is 10.0. The second-order valence-corrected chi connectivity index (χ2v) is 4.06. The lowest BCUT2D eigenvalue weighted by molar-refractivity contribution is -0.137. The molecule has 6 heteroatoms. The fraction of sp³-hybridized carbons (Fsp3) is 0.545. The summed E-state index contributed by atoms with van der Waals surface area (Å²) in [7, 11) is 0. The van der Waals surface area contributed by atoms with Gasteiger partial charge in [0, 0.05) is 18.7 Å². The standard InChI is InChI=1S/C11H17N3O3/c1-3-8(2)6-10(15)12-9-4-5-14(13-9)7-11(16)17/h4-5,8H,3,6-7H2,1-2H3,(H,16,17)(H,12,13,15). The van der Waals surface area contributed by atoms with Gasteiger partial charge in [-0.3, -0.25) is 14.3 Å². The highest BCUT2D eigenvalue weighted by Gasteiger charge is 2.09. The SMILES string of the molecule is CCC(C)CC(=O)Nc1ccn(CC(=O)O)n1. The van der Waals surface area contributed by atoms with Gasteiger partial charge in [-0.1, -0.05) is 20.3 Å². The molecule has 0 saturated heterocycles. The first-order chi connectivity index (χ1) is 8.01. The summed E-state index contributed by atoms with van der Waals surface area (Å²) in [6.07, 6.45) is 2.91. The van der Waals surface area contributed by atoms with E-state index in [0.717, 1.165) is 6.42 Å². The number of carbonyl (C=O) groups is 2. The van der Waals surface area contributed by atoms with E-state index < -0.39 is 5.97 Å². The smallest absolute Gasteiger partial charge is 0.325 e. The summed E-state index contributed by atoms with van der Waals surface area (Å²) in [6.45, 7) is 3.82. The summed E-state index contributed by atoms with van der Waals surface area (Å²) in [5.41, 5.74) is 0. The lowest BCUT2D eigenvalue weighted by Crippen LogP contribution is -2.16. The van der Waals surface area contributed by atoms with E-state index >= 15 is 0 Å². The highest BCUT2D eigenvalue weighted by molar-refractivity contribution is 5.89. The minimum Gasteiger partial charge on any atom is -0.480 e. The summed E-state index contributed by atoms with van der Waals surface area (Å²) in [5.74, 6) is -0.346. The third-order valence-electron chi connectivity index (χ3n) is 2.44. The molecule has 0 spiro atoms. The Bertz CT molecular complexity index is 400. The van der Waals surface area contributed by atoms with E-state index in [0.29, 0.717) is 18.2 Å². The first-order valence-corrected chi connectivity index (χ1v) is 5.56. The largest absolute Gasteiger partial charge is 0.480 e. The number of carbonyl (C=O) groups excluding carboxylic acids is 1. The van der Waals surface area contributed by atoms with Gasteiger partial charge in [0.1, 0.15) is 6.54 Å². The molecular weight excluding hydrogens is 222 g/mol. The minimum atomic E-state index is -0.967. The second-order valence-electron chi connectivity index (χ2n) is 4.06. The van der Waals surface area contributed by atoms with Crippen molar-refractivity contribution >= 4 is 17.7 Å². The Kier molecular flexibility index (Phi) is 4.68. The average molecular weight is 239 g/mol. The van der Waals surface area contributed by atoms with Gasteiger partial charge in [-0.05, 0) is 5.92 Å². The molecule has 1 aromatic rings. The molecule has 1 atom stereocenters. The minimum absolute atomic E-state index is 0.0973. The van der Waals surface area contributed by atoms with Gasteiger partial charge in [-0.2, -0.15) is 5.10 Å².